The van der Waals surface area contributed by atoms with E-state index in [0.29, 0.717) is 18.8 Å². The van der Waals surface area contributed by atoms with E-state index in [4.69, 9.17) is 0 Å². The summed E-state index contributed by atoms with van der Waals surface area (Å²) < 4.78 is 5.90. The number of hydrogen-bond donors (Lipinski definition) is 1. The third-order valence-electron chi connectivity index (χ3n) is 2.89. The molecule has 2 heterocycles. The van der Waals surface area contributed by atoms with E-state index in [2.05, 4.69) is 15.2 Å². The highest BCUT2D eigenvalue weighted by Gasteiger charge is 2.21. The summed E-state index contributed by atoms with van der Waals surface area (Å²) in [4.78, 5) is 35.9. The minimum atomic E-state index is -0.416. The average Bonchev–Trinajstić information content (AvgIpc) is 3.05. The minimum absolute atomic E-state index is 0.00806. The summed E-state index contributed by atoms with van der Waals surface area (Å²) in [7, 11) is 1.30. The van der Waals surface area contributed by atoms with Gasteiger partial charge in [0.05, 0.1) is 19.0 Å². The molecule has 8 nitrogen and oxygen atoms in total. The number of anilines is 1. The average molecular weight is 312 g/mol. The van der Waals surface area contributed by atoms with Gasteiger partial charge in [0, 0.05) is 31.5 Å². The zero-order chi connectivity index (χ0) is 15.2. The third kappa shape index (κ3) is 4.48. The molecule has 1 saturated heterocycles. The van der Waals surface area contributed by atoms with Crippen molar-refractivity contribution in [3.63, 3.8) is 0 Å². The molecular formula is C12H16N4O4S. The molecule has 9 heteroatoms. The van der Waals surface area contributed by atoms with E-state index < -0.39 is 5.97 Å². The van der Waals surface area contributed by atoms with Crippen LogP contribution in [0.5, 0.6) is 0 Å². The lowest BCUT2D eigenvalue weighted by molar-refractivity contribution is -0.141. The molecule has 0 saturated carbocycles. The van der Waals surface area contributed by atoms with Gasteiger partial charge in [0.25, 0.3) is 5.24 Å². The molecule has 1 aromatic rings. The molecule has 1 N–H and O–H groups in total. The summed E-state index contributed by atoms with van der Waals surface area (Å²) in [6.07, 6.45) is 3.23. The zero-order valence-electron chi connectivity index (χ0n) is 11.6. The molecule has 0 aromatic carbocycles. The van der Waals surface area contributed by atoms with Gasteiger partial charge >= 0.3 is 5.97 Å². The van der Waals surface area contributed by atoms with Crippen LogP contribution in [0.2, 0.25) is 0 Å². The molecule has 0 atom stereocenters. The van der Waals surface area contributed by atoms with E-state index in [1.807, 2.05) is 0 Å². The first kappa shape index (κ1) is 15.4. The molecule has 1 aliphatic rings. The molecule has 1 aromatic heterocycles. The molecule has 0 bridgehead atoms. The van der Waals surface area contributed by atoms with Crippen LogP contribution in [0.25, 0.3) is 0 Å². The number of hydrogen-bond acceptors (Lipinski definition) is 6. The molecule has 0 spiro atoms. The topological polar surface area (TPSA) is 93.5 Å². The number of nitrogens with zero attached hydrogens (tertiary/aromatic N) is 3. The van der Waals surface area contributed by atoms with E-state index in [0.717, 1.165) is 5.75 Å². The first-order valence-electron chi connectivity index (χ1n) is 6.39. The van der Waals surface area contributed by atoms with Crippen molar-refractivity contribution in [2.24, 2.45) is 0 Å². The number of nitrogens with one attached hydrogen (secondary N) is 1. The van der Waals surface area contributed by atoms with Gasteiger partial charge in [-0.3, -0.25) is 19.1 Å². The minimum Gasteiger partial charge on any atom is -0.468 e. The van der Waals surface area contributed by atoms with Gasteiger partial charge in [0.15, 0.2) is 0 Å². The highest BCUT2D eigenvalue weighted by molar-refractivity contribution is 8.13. The maximum atomic E-state index is 11.8. The Hall–Kier alpha value is -2.03. The van der Waals surface area contributed by atoms with Crippen LogP contribution >= 0.6 is 11.8 Å². The Labute approximate surface area is 125 Å². The summed E-state index contributed by atoms with van der Waals surface area (Å²) in [5, 5.41) is 6.64. The van der Waals surface area contributed by atoms with Crippen molar-refractivity contribution in [2.75, 3.05) is 31.3 Å². The molecule has 1 aliphatic heterocycles. The first-order chi connectivity index (χ1) is 10.1. The zero-order valence-corrected chi connectivity index (χ0v) is 12.4. The highest BCUT2D eigenvalue weighted by Crippen LogP contribution is 2.17. The smallest absolute Gasteiger partial charge is 0.327 e. The number of esters is 1. The maximum absolute atomic E-state index is 11.8. The summed E-state index contributed by atoms with van der Waals surface area (Å²) >= 11 is 1.27. The van der Waals surface area contributed by atoms with Crippen LogP contribution in [0.15, 0.2) is 12.4 Å². The van der Waals surface area contributed by atoms with Crippen LogP contribution in [0.4, 0.5) is 10.5 Å². The normalized spacial score (nSPS) is 14.3. The van der Waals surface area contributed by atoms with Gasteiger partial charge < -0.3 is 15.0 Å². The van der Waals surface area contributed by atoms with Crippen LogP contribution in [-0.4, -0.2) is 57.7 Å². The molecule has 114 valence electrons. The number of aromatic nitrogens is 2. The quantitative estimate of drug-likeness (QED) is 0.771. The van der Waals surface area contributed by atoms with Gasteiger partial charge in [0.2, 0.25) is 5.91 Å². The number of ether oxygens (including phenoxy) is 1. The number of rotatable bonds is 6. The second-order valence-electron chi connectivity index (χ2n) is 4.40. The van der Waals surface area contributed by atoms with Crippen LogP contribution in [-0.2, 0) is 20.9 Å². The fourth-order valence-electron chi connectivity index (χ4n) is 1.80. The van der Waals surface area contributed by atoms with E-state index in [1.54, 1.807) is 11.1 Å². The van der Waals surface area contributed by atoms with Crippen molar-refractivity contribution in [1.82, 2.24) is 14.7 Å². The van der Waals surface area contributed by atoms with E-state index >= 15 is 0 Å². The van der Waals surface area contributed by atoms with E-state index in [9.17, 15) is 14.4 Å². The Bertz CT molecular complexity index is 545. The van der Waals surface area contributed by atoms with Gasteiger partial charge in [-0.05, 0) is 0 Å². The Morgan fingerprint density at radius 2 is 2.33 bits per heavy atom. The second kappa shape index (κ2) is 7.11. The lowest BCUT2D eigenvalue weighted by Crippen LogP contribution is -2.27. The number of methoxy groups -OCH3 is 1. The fourth-order valence-corrected chi connectivity index (χ4v) is 2.65. The first-order valence-corrected chi connectivity index (χ1v) is 7.38. The summed E-state index contributed by atoms with van der Waals surface area (Å²) in [6.45, 7) is 1.09. The largest absolute Gasteiger partial charge is 0.468 e. The van der Waals surface area contributed by atoms with Gasteiger partial charge in [-0.25, -0.2) is 0 Å². The summed E-state index contributed by atoms with van der Waals surface area (Å²) in [6, 6.07) is 0. The maximum Gasteiger partial charge on any atom is 0.327 e. The SMILES string of the molecule is COC(=O)Cn1cc(NC(=O)CCN2CCSC2=O)cn1. The number of thioether (sulfide) groups is 1. The standard InChI is InChI=1S/C12H16N4O4S/c1-20-11(18)8-16-7-9(6-13-16)14-10(17)2-3-15-4-5-21-12(15)19/h6-7H,2-5,8H2,1H3,(H,14,17). The lowest BCUT2D eigenvalue weighted by Gasteiger charge is -2.13. The highest BCUT2D eigenvalue weighted by atomic mass is 32.2. The van der Waals surface area contributed by atoms with E-state index in [-0.39, 0.29) is 24.1 Å². The molecule has 2 rings (SSSR count). The summed E-state index contributed by atoms with van der Waals surface area (Å²) in [5.41, 5.74) is 0.506. The Balaban J connectivity index is 1.77. The van der Waals surface area contributed by atoms with Crippen molar-refractivity contribution in [2.45, 2.75) is 13.0 Å². The van der Waals surface area contributed by atoms with Crippen LogP contribution < -0.4 is 5.32 Å². The molecule has 0 unspecified atom stereocenters. The second-order valence-corrected chi connectivity index (χ2v) is 5.45. The monoisotopic (exact) mass is 312 g/mol. The number of amides is 2. The summed E-state index contributed by atoms with van der Waals surface area (Å²) in [5.74, 6) is 0.166. The van der Waals surface area contributed by atoms with Crippen molar-refractivity contribution in [3.8, 4) is 0 Å². The number of carbonyl (C=O) groups is 3. The molecule has 0 aliphatic carbocycles. The predicted molar refractivity (Wildman–Crippen MR) is 76.9 cm³/mol. The van der Waals surface area contributed by atoms with E-state index in [1.165, 1.54) is 29.8 Å². The van der Waals surface area contributed by atoms with Gasteiger partial charge in [-0.1, -0.05) is 11.8 Å². The molecular weight excluding hydrogens is 296 g/mol. The van der Waals surface area contributed by atoms with Crippen molar-refractivity contribution >= 4 is 34.6 Å². The Morgan fingerprint density at radius 1 is 1.52 bits per heavy atom. The van der Waals surface area contributed by atoms with Crippen molar-refractivity contribution in [1.29, 1.82) is 0 Å². The fraction of sp³-hybridized carbons (Fsp3) is 0.500. The van der Waals surface area contributed by atoms with Crippen molar-refractivity contribution < 1.29 is 19.1 Å². The predicted octanol–water partition coefficient (Wildman–Crippen LogP) is 0.554. The Kier molecular flexibility index (Phi) is 5.20. The molecule has 1 fully saturated rings. The van der Waals surface area contributed by atoms with Crippen molar-refractivity contribution in [3.05, 3.63) is 12.4 Å². The van der Waals surface area contributed by atoms with Gasteiger partial charge in [-0.15, -0.1) is 0 Å². The Morgan fingerprint density at radius 3 is 3.00 bits per heavy atom. The molecule has 21 heavy (non-hydrogen) atoms. The molecule has 0 radical (unpaired) electrons. The van der Waals surface area contributed by atoms with Crippen LogP contribution in [0, 0.1) is 0 Å². The lowest BCUT2D eigenvalue weighted by atomic mass is 10.3. The van der Waals surface area contributed by atoms with Gasteiger partial charge in [-0.2, -0.15) is 5.10 Å². The number of carbonyl (C=O) groups excluding carboxylic acids is 3. The third-order valence-corrected chi connectivity index (χ3v) is 3.78. The van der Waals surface area contributed by atoms with Crippen LogP contribution in [0.1, 0.15) is 6.42 Å². The molecule has 2 amide bonds. The van der Waals surface area contributed by atoms with Gasteiger partial charge in [0.1, 0.15) is 6.54 Å². The van der Waals surface area contributed by atoms with Crippen LogP contribution in [0.3, 0.4) is 0 Å².